The van der Waals surface area contributed by atoms with E-state index in [2.05, 4.69) is 26.7 Å². The highest BCUT2D eigenvalue weighted by atomic mass is 35.5. The number of imidazole rings is 1. The summed E-state index contributed by atoms with van der Waals surface area (Å²) in [7, 11) is 0. The molecule has 0 atom stereocenters. The van der Waals surface area contributed by atoms with Gasteiger partial charge < -0.3 is 10.3 Å². The number of anilines is 1. The molecule has 6 heteroatoms. The van der Waals surface area contributed by atoms with Crippen LogP contribution in [0.5, 0.6) is 0 Å². The van der Waals surface area contributed by atoms with Crippen molar-refractivity contribution in [2.75, 3.05) is 5.73 Å². The first-order valence-electron chi connectivity index (χ1n) is 5.65. The van der Waals surface area contributed by atoms with Crippen LogP contribution in [0.3, 0.4) is 0 Å². The zero-order valence-electron chi connectivity index (χ0n) is 9.81. The third-order valence-electron chi connectivity index (χ3n) is 2.94. The van der Waals surface area contributed by atoms with Crippen molar-refractivity contribution in [3.63, 3.8) is 0 Å². The second-order valence-corrected chi connectivity index (χ2v) is 4.45. The Kier molecular flexibility index (Phi) is 2.48. The molecule has 92 valence electrons. The Bertz CT molecular complexity index is 712. The van der Waals surface area contributed by atoms with Crippen molar-refractivity contribution in [1.82, 2.24) is 19.7 Å². The number of benzene rings is 1. The van der Waals surface area contributed by atoms with Crippen molar-refractivity contribution >= 4 is 28.5 Å². The van der Waals surface area contributed by atoms with E-state index in [0.717, 1.165) is 29.0 Å². The number of nitrogens with one attached hydrogen (secondary N) is 1. The molecule has 0 spiro atoms. The Morgan fingerprint density at radius 1 is 1.44 bits per heavy atom. The van der Waals surface area contributed by atoms with Crippen LogP contribution in [-0.2, 0) is 6.54 Å². The highest BCUT2D eigenvalue weighted by Crippen LogP contribution is 2.28. The minimum atomic E-state index is 0.520. The third kappa shape index (κ3) is 1.55. The van der Waals surface area contributed by atoms with Gasteiger partial charge in [-0.3, -0.25) is 5.10 Å². The second kappa shape index (κ2) is 4.03. The average Bonchev–Trinajstić information content (AvgIpc) is 2.91. The zero-order valence-corrected chi connectivity index (χ0v) is 10.6. The van der Waals surface area contributed by atoms with Crippen molar-refractivity contribution in [2.24, 2.45) is 0 Å². The number of aryl methyl sites for hydroxylation is 1. The lowest BCUT2D eigenvalue weighted by molar-refractivity contribution is 0.797. The van der Waals surface area contributed by atoms with Crippen LogP contribution in [0.2, 0.25) is 5.02 Å². The Balaban J connectivity index is 2.32. The highest BCUT2D eigenvalue weighted by molar-refractivity contribution is 6.31. The van der Waals surface area contributed by atoms with Crippen LogP contribution in [-0.4, -0.2) is 19.7 Å². The van der Waals surface area contributed by atoms with Gasteiger partial charge in [-0.15, -0.1) is 0 Å². The first-order valence-corrected chi connectivity index (χ1v) is 6.03. The van der Waals surface area contributed by atoms with Gasteiger partial charge in [-0.1, -0.05) is 11.6 Å². The summed E-state index contributed by atoms with van der Waals surface area (Å²) in [6, 6.07) is 5.68. The molecule has 3 rings (SSSR count). The molecule has 5 nitrogen and oxygen atoms in total. The van der Waals surface area contributed by atoms with E-state index >= 15 is 0 Å². The summed E-state index contributed by atoms with van der Waals surface area (Å²) in [6.07, 6.45) is 1.68. The maximum Gasteiger partial charge on any atom is 0.146 e. The molecule has 0 aliphatic carbocycles. The lowest BCUT2D eigenvalue weighted by Gasteiger charge is -2.04. The van der Waals surface area contributed by atoms with E-state index in [9.17, 15) is 0 Å². The maximum atomic E-state index is 5.99. The zero-order chi connectivity index (χ0) is 12.7. The number of hydrogen-bond acceptors (Lipinski definition) is 3. The molecule has 0 bridgehead atoms. The Labute approximate surface area is 109 Å². The summed E-state index contributed by atoms with van der Waals surface area (Å²) in [5, 5.41) is 7.33. The molecule has 18 heavy (non-hydrogen) atoms. The number of nitrogen functional groups attached to an aromatic ring is 1. The highest BCUT2D eigenvalue weighted by Gasteiger charge is 2.15. The summed E-state index contributed by atoms with van der Waals surface area (Å²) in [5.74, 6) is 1.33. The van der Waals surface area contributed by atoms with E-state index in [0.29, 0.717) is 10.8 Å². The van der Waals surface area contributed by atoms with Gasteiger partial charge in [0.1, 0.15) is 11.6 Å². The predicted octanol–water partition coefficient (Wildman–Crippen LogP) is 2.68. The lowest BCUT2D eigenvalue weighted by Crippen LogP contribution is -1.98. The van der Waals surface area contributed by atoms with Gasteiger partial charge in [-0.05, 0) is 25.1 Å². The molecule has 0 aliphatic rings. The summed E-state index contributed by atoms with van der Waals surface area (Å²) >= 11 is 5.99. The molecule has 2 aromatic heterocycles. The number of nitrogens with zero attached hydrogens (tertiary/aromatic N) is 3. The van der Waals surface area contributed by atoms with Gasteiger partial charge >= 0.3 is 0 Å². The Morgan fingerprint density at radius 2 is 2.28 bits per heavy atom. The van der Waals surface area contributed by atoms with Crippen molar-refractivity contribution in [3.8, 4) is 11.4 Å². The molecular formula is C12H12ClN5. The van der Waals surface area contributed by atoms with Gasteiger partial charge in [0, 0.05) is 11.6 Å². The Hall–Kier alpha value is -2.01. The van der Waals surface area contributed by atoms with E-state index in [4.69, 9.17) is 17.3 Å². The molecule has 3 N–H and O–H groups in total. The molecule has 0 amide bonds. The van der Waals surface area contributed by atoms with Gasteiger partial charge in [-0.2, -0.15) is 5.10 Å². The van der Waals surface area contributed by atoms with Gasteiger partial charge in [0.2, 0.25) is 0 Å². The summed E-state index contributed by atoms with van der Waals surface area (Å²) in [5.41, 5.74) is 8.56. The third-order valence-corrected chi connectivity index (χ3v) is 3.17. The normalized spacial score (nSPS) is 11.2. The van der Waals surface area contributed by atoms with Crippen LogP contribution < -0.4 is 5.73 Å². The summed E-state index contributed by atoms with van der Waals surface area (Å²) < 4.78 is 2.09. The molecular weight excluding hydrogens is 250 g/mol. The first-order chi connectivity index (χ1) is 8.70. The molecule has 0 unspecified atom stereocenters. The van der Waals surface area contributed by atoms with Crippen molar-refractivity contribution in [2.45, 2.75) is 13.5 Å². The number of halogens is 1. The smallest absolute Gasteiger partial charge is 0.146 e. The van der Waals surface area contributed by atoms with Crippen molar-refractivity contribution in [3.05, 3.63) is 29.4 Å². The average molecular weight is 262 g/mol. The second-order valence-electron chi connectivity index (χ2n) is 4.01. The quantitative estimate of drug-likeness (QED) is 0.745. The predicted molar refractivity (Wildman–Crippen MR) is 72.4 cm³/mol. The van der Waals surface area contributed by atoms with Crippen LogP contribution in [0, 0.1) is 0 Å². The molecule has 0 saturated carbocycles. The van der Waals surface area contributed by atoms with E-state index in [-0.39, 0.29) is 0 Å². The first kappa shape index (κ1) is 11.1. The monoisotopic (exact) mass is 261 g/mol. The van der Waals surface area contributed by atoms with E-state index in [1.165, 1.54) is 0 Å². The molecule has 1 aromatic carbocycles. The number of aromatic nitrogens is 4. The molecule has 3 aromatic rings. The largest absolute Gasteiger partial charge is 0.383 e. The van der Waals surface area contributed by atoms with Crippen LogP contribution in [0.1, 0.15) is 6.92 Å². The number of hydrogen-bond donors (Lipinski definition) is 2. The molecule has 2 heterocycles. The van der Waals surface area contributed by atoms with Crippen LogP contribution >= 0.6 is 11.6 Å². The van der Waals surface area contributed by atoms with Crippen LogP contribution in [0.15, 0.2) is 24.4 Å². The molecule has 0 saturated heterocycles. The number of nitrogens with two attached hydrogens (primary N) is 1. The number of fused-ring (bicyclic) bond motifs is 1. The van der Waals surface area contributed by atoms with Crippen molar-refractivity contribution < 1.29 is 0 Å². The van der Waals surface area contributed by atoms with Gasteiger partial charge in [0.15, 0.2) is 0 Å². The number of aromatic amines is 1. The summed E-state index contributed by atoms with van der Waals surface area (Å²) in [4.78, 5) is 4.59. The van der Waals surface area contributed by atoms with Crippen LogP contribution in [0.4, 0.5) is 5.82 Å². The maximum absolute atomic E-state index is 5.99. The van der Waals surface area contributed by atoms with E-state index in [1.54, 1.807) is 6.20 Å². The summed E-state index contributed by atoms with van der Waals surface area (Å²) in [6.45, 7) is 2.87. The molecule has 0 fully saturated rings. The number of H-pyrrole nitrogens is 1. The Morgan fingerprint density at radius 3 is 2.94 bits per heavy atom. The van der Waals surface area contributed by atoms with Crippen molar-refractivity contribution in [1.29, 1.82) is 0 Å². The van der Waals surface area contributed by atoms with E-state index < -0.39 is 0 Å². The molecule has 0 aliphatic heterocycles. The standard InChI is InChI=1S/C12H12ClN5/c1-2-18-10-4-3-7(13)5-9(10)16-12(18)8-6-15-17-11(8)14/h3-6H,2H2,1H3,(H3,14,15,17). The minimum Gasteiger partial charge on any atom is -0.383 e. The molecule has 0 radical (unpaired) electrons. The fourth-order valence-electron chi connectivity index (χ4n) is 2.10. The SMILES string of the molecule is CCn1c(-c2cn[nH]c2N)nc2cc(Cl)ccc21. The fraction of sp³-hybridized carbons (Fsp3) is 0.167. The topological polar surface area (TPSA) is 72.5 Å². The van der Waals surface area contributed by atoms with Gasteiger partial charge in [0.25, 0.3) is 0 Å². The van der Waals surface area contributed by atoms with E-state index in [1.807, 2.05) is 18.2 Å². The lowest BCUT2D eigenvalue weighted by atomic mass is 10.3. The van der Waals surface area contributed by atoms with Gasteiger partial charge in [-0.25, -0.2) is 4.98 Å². The minimum absolute atomic E-state index is 0.520. The van der Waals surface area contributed by atoms with Gasteiger partial charge in [0.05, 0.1) is 22.8 Å². The van der Waals surface area contributed by atoms with Crippen LogP contribution in [0.25, 0.3) is 22.4 Å². The fourth-order valence-corrected chi connectivity index (χ4v) is 2.27. The number of rotatable bonds is 2.